The lowest BCUT2D eigenvalue weighted by molar-refractivity contribution is 0.0227. The Morgan fingerprint density at radius 2 is 2.04 bits per heavy atom. The molecule has 0 aliphatic carbocycles. The second-order valence-electron chi connectivity index (χ2n) is 6.64. The predicted molar refractivity (Wildman–Crippen MR) is 106 cm³/mol. The van der Waals surface area contributed by atoms with Crippen LogP contribution in [0.15, 0.2) is 24.4 Å². The Hall–Kier alpha value is -2.98. The van der Waals surface area contributed by atoms with E-state index in [0.717, 1.165) is 42.9 Å². The van der Waals surface area contributed by atoms with Crippen molar-refractivity contribution in [1.82, 2.24) is 30.0 Å². The van der Waals surface area contributed by atoms with Gasteiger partial charge in [-0.05, 0) is 25.1 Å². The molecule has 0 radical (unpaired) electrons. The van der Waals surface area contributed by atoms with Gasteiger partial charge in [0.2, 0.25) is 11.9 Å². The molecule has 3 aromatic rings. The molecule has 1 saturated heterocycles. The molecule has 0 amide bonds. The van der Waals surface area contributed by atoms with Crippen LogP contribution in [-0.4, -0.2) is 76.0 Å². The minimum atomic E-state index is 0.252. The molecule has 1 atom stereocenters. The average Bonchev–Trinajstić information content (AvgIpc) is 3.20. The summed E-state index contributed by atoms with van der Waals surface area (Å²) in [4.78, 5) is 15.4. The Kier molecular flexibility index (Phi) is 5.49. The number of ether oxygens (including phenoxy) is 2. The summed E-state index contributed by atoms with van der Waals surface area (Å²) in [6.07, 6.45) is 1.78. The Morgan fingerprint density at radius 1 is 1.21 bits per heavy atom. The van der Waals surface area contributed by atoms with Crippen molar-refractivity contribution in [2.75, 3.05) is 50.6 Å². The van der Waals surface area contributed by atoms with Gasteiger partial charge in [-0.15, -0.1) is 0 Å². The van der Waals surface area contributed by atoms with E-state index in [1.54, 1.807) is 6.20 Å². The quantitative estimate of drug-likeness (QED) is 0.559. The molecule has 1 unspecified atom stereocenters. The van der Waals surface area contributed by atoms with E-state index in [4.69, 9.17) is 9.47 Å². The molecule has 148 valence electrons. The van der Waals surface area contributed by atoms with E-state index in [0.29, 0.717) is 24.5 Å². The highest BCUT2D eigenvalue weighted by Gasteiger charge is 2.17. The summed E-state index contributed by atoms with van der Waals surface area (Å²) < 4.78 is 10.6. The number of aromatic nitrogens is 5. The van der Waals surface area contributed by atoms with Crippen LogP contribution in [0.2, 0.25) is 0 Å². The topological polar surface area (TPSA) is 113 Å². The molecule has 0 bridgehead atoms. The van der Waals surface area contributed by atoms with Crippen molar-refractivity contribution in [3.05, 3.63) is 24.4 Å². The predicted octanol–water partition coefficient (Wildman–Crippen LogP) is 1.63. The number of hydrogen-bond donors (Lipinski definition) is 3. The Bertz CT molecular complexity index is 925. The van der Waals surface area contributed by atoms with Gasteiger partial charge in [-0.3, -0.25) is 10.00 Å². The van der Waals surface area contributed by atoms with Gasteiger partial charge in [0, 0.05) is 36.7 Å². The van der Waals surface area contributed by atoms with Gasteiger partial charge >= 0.3 is 6.01 Å². The smallest absolute Gasteiger partial charge is 0.322 e. The van der Waals surface area contributed by atoms with Crippen LogP contribution < -0.4 is 15.4 Å². The normalized spacial score (nSPS) is 16.1. The molecule has 4 rings (SSSR count). The Morgan fingerprint density at radius 3 is 2.86 bits per heavy atom. The van der Waals surface area contributed by atoms with Crippen molar-refractivity contribution >= 4 is 28.5 Å². The van der Waals surface area contributed by atoms with Gasteiger partial charge in [0.25, 0.3) is 0 Å². The summed E-state index contributed by atoms with van der Waals surface area (Å²) >= 11 is 0. The van der Waals surface area contributed by atoms with Gasteiger partial charge in [0.1, 0.15) is 0 Å². The lowest BCUT2D eigenvalue weighted by Gasteiger charge is -2.32. The lowest BCUT2D eigenvalue weighted by Crippen LogP contribution is -2.45. The highest BCUT2D eigenvalue weighted by molar-refractivity contribution is 5.82. The number of fused-ring (bicyclic) bond motifs is 1. The largest absolute Gasteiger partial charge is 0.467 e. The van der Waals surface area contributed by atoms with E-state index in [9.17, 15) is 0 Å². The van der Waals surface area contributed by atoms with Crippen LogP contribution in [0, 0.1) is 0 Å². The molecule has 10 heteroatoms. The molecule has 3 N–H and O–H groups in total. The molecule has 2 aromatic heterocycles. The van der Waals surface area contributed by atoms with Crippen LogP contribution >= 0.6 is 0 Å². The summed E-state index contributed by atoms with van der Waals surface area (Å²) in [6, 6.07) is 6.46. The highest BCUT2D eigenvalue weighted by Crippen LogP contribution is 2.20. The third-order valence-electron chi connectivity index (χ3n) is 4.72. The fourth-order valence-electron chi connectivity index (χ4n) is 3.11. The maximum atomic E-state index is 5.41. The molecule has 1 aliphatic heterocycles. The first-order valence-corrected chi connectivity index (χ1v) is 9.27. The molecule has 1 aromatic carbocycles. The van der Waals surface area contributed by atoms with Gasteiger partial charge in [0.05, 0.1) is 32.0 Å². The lowest BCUT2D eigenvalue weighted by atomic mass is 10.2. The maximum absolute atomic E-state index is 5.41. The number of benzene rings is 1. The molecule has 0 spiro atoms. The molecule has 1 aliphatic rings. The number of methoxy groups -OCH3 is 1. The number of aromatic amines is 1. The standard InChI is InChI=1S/C18H24N8O2/c1-12(26-5-7-28-8-6-26)10-19-16-22-17(24-18(23-16)27-2)21-14-4-3-13-11-20-25-15(13)9-14/h3-4,9,11-12H,5-8,10H2,1-2H3,(H,20,25)(H2,19,21,22,23,24). The van der Waals surface area contributed by atoms with Crippen molar-refractivity contribution in [2.45, 2.75) is 13.0 Å². The second-order valence-corrected chi connectivity index (χ2v) is 6.64. The second kappa shape index (κ2) is 8.36. The number of morpholine rings is 1. The zero-order chi connectivity index (χ0) is 19.3. The van der Waals surface area contributed by atoms with E-state index in [2.05, 4.69) is 47.6 Å². The first-order chi connectivity index (χ1) is 13.7. The van der Waals surface area contributed by atoms with E-state index in [1.165, 1.54) is 7.11 Å². The van der Waals surface area contributed by atoms with Gasteiger partial charge in [-0.1, -0.05) is 0 Å². The van der Waals surface area contributed by atoms with Crippen molar-refractivity contribution in [1.29, 1.82) is 0 Å². The van der Waals surface area contributed by atoms with E-state index in [1.807, 2.05) is 18.2 Å². The van der Waals surface area contributed by atoms with Crippen molar-refractivity contribution in [2.24, 2.45) is 0 Å². The van der Waals surface area contributed by atoms with Crippen LogP contribution in [0.4, 0.5) is 17.6 Å². The summed E-state index contributed by atoms with van der Waals surface area (Å²) in [7, 11) is 1.54. The highest BCUT2D eigenvalue weighted by atomic mass is 16.5. The molecule has 28 heavy (non-hydrogen) atoms. The van der Waals surface area contributed by atoms with Crippen LogP contribution in [-0.2, 0) is 4.74 Å². The fourth-order valence-corrected chi connectivity index (χ4v) is 3.11. The van der Waals surface area contributed by atoms with E-state index < -0.39 is 0 Å². The third kappa shape index (κ3) is 4.29. The summed E-state index contributed by atoms with van der Waals surface area (Å²) in [5.74, 6) is 0.879. The SMILES string of the molecule is COc1nc(NCC(C)N2CCOCC2)nc(Nc2ccc3cn[nH]c3c2)n1. The van der Waals surface area contributed by atoms with Crippen LogP contribution in [0.5, 0.6) is 6.01 Å². The molecular formula is C18H24N8O2. The zero-order valence-corrected chi connectivity index (χ0v) is 16.0. The van der Waals surface area contributed by atoms with Gasteiger partial charge in [0.15, 0.2) is 0 Å². The average molecular weight is 384 g/mol. The number of nitrogens with zero attached hydrogens (tertiary/aromatic N) is 5. The number of anilines is 3. The minimum absolute atomic E-state index is 0.252. The van der Waals surface area contributed by atoms with Crippen molar-refractivity contribution < 1.29 is 9.47 Å². The van der Waals surface area contributed by atoms with Gasteiger partial charge < -0.3 is 20.1 Å². The molecule has 0 saturated carbocycles. The summed E-state index contributed by atoms with van der Waals surface area (Å²) in [5.41, 5.74) is 1.78. The number of hydrogen-bond acceptors (Lipinski definition) is 9. The minimum Gasteiger partial charge on any atom is -0.467 e. The molecule has 10 nitrogen and oxygen atoms in total. The van der Waals surface area contributed by atoms with E-state index >= 15 is 0 Å². The number of H-pyrrole nitrogens is 1. The molecule has 3 heterocycles. The molecule has 1 fully saturated rings. The summed E-state index contributed by atoms with van der Waals surface area (Å²) in [5, 5.41) is 14.5. The van der Waals surface area contributed by atoms with Crippen molar-refractivity contribution in [3.8, 4) is 6.01 Å². The van der Waals surface area contributed by atoms with Crippen LogP contribution in [0.3, 0.4) is 0 Å². The fraction of sp³-hybridized carbons (Fsp3) is 0.444. The monoisotopic (exact) mass is 384 g/mol. The first-order valence-electron chi connectivity index (χ1n) is 9.27. The Labute approximate surface area is 162 Å². The molecular weight excluding hydrogens is 360 g/mol. The number of nitrogens with one attached hydrogen (secondary N) is 3. The van der Waals surface area contributed by atoms with Crippen molar-refractivity contribution in [3.63, 3.8) is 0 Å². The zero-order valence-electron chi connectivity index (χ0n) is 16.0. The summed E-state index contributed by atoms with van der Waals surface area (Å²) in [6.45, 7) is 6.32. The van der Waals surface area contributed by atoms with Gasteiger partial charge in [-0.25, -0.2) is 0 Å². The van der Waals surface area contributed by atoms with Gasteiger partial charge in [-0.2, -0.15) is 20.1 Å². The Balaban J connectivity index is 1.45. The number of rotatable bonds is 7. The van der Waals surface area contributed by atoms with Crippen LogP contribution in [0.1, 0.15) is 6.92 Å². The van der Waals surface area contributed by atoms with Crippen LogP contribution in [0.25, 0.3) is 10.9 Å². The maximum Gasteiger partial charge on any atom is 0.322 e. The van der Waals surface area contributed by atoms with E-state index in [-0.39, 0.29) is 6.01 Å². The third-order valence-corrected chi connectivity index (χ3v) is 4.72. The first kappa shape index (κ1) is 18.4.